The van der Waals surface area contributed by atoms with E-state index >= 15 is 0 Å². The van der Waals surface area contributed by atoms with Crippen LogP contribution in [0.15, 0.2) is 71.1 Å². The Morgan fingerprint density at radius 2 is 1.90 bits per heavy atom. The number of para-hydroxylation sites is 1. The second kappa shape index (κ2) is 11.5. The number of hydrogen-bond donors (Lipinski definition) is 1. The molecule has 4 aromatic rings. The molecule has 0 bridgehead atoms. The van der Waals surface area contributed by atoms with Gasteiger partial charge in [-0.15, -0.1) is 10.2 Å². The van der Waals surface area contributed by atoms with Gasteiger partial charge in [0.15, 0.2) is 0 Å². The number of ether oxygens (including phenoxy) is 2. The molecule has 2 amide bonds. The molecule has 0 radical (unpaired) electrons. The van der Waals surface area contributed by atoms with E-state index in [2.05, 4.69) is 10.2 Å². The highest BCUT2D eigenvalue weighted by Gasteiger charge is 2.31. The lowest BCUT2D eigenvalue weighted by atomic mass is 10.1. The van der Waals surface area contributed by atoms with Crippen LogP contribution in [0.25, 0.3) is 11.5 Å². The van der Waals surface area contributed by atoms with Crippen molar-refractivity contribution in [1.29, 1.82) is 0 Å². The largest absolute Gasteiger partial charge is 0.497 e. The number of fused-ring (bicyclic) bond motifs is 1. The van der Waals surface area contributed by atoms with Crippen molar-refractivity contribution in [3.05, 3.63) is 88.8 Å². The number of methoxy groups -OCH3 is 1. The molecule has 0 spiro atoms. The Labute approximate surface area is 229 Å². The second-order valence-electron chi connectivity index (χ2n) is 8.72. The van der Waals surface area contributed by atoms with Crippen molar-refractivity contribution in [2.75, 3.05) is 31.8 Å². The molecule has 1 aliphatic rings. The van der Waals surface area contributed by atoms with Crippen LogP contribution in [0.3, 0.4) is 0 Å². The smallest absolute Gasteiger partial charge is 0.260 e. The Balaban J connectivity index is 1.38. The van der Waals surface area contributed by atoms with Gasteiger partial charge in [0.25, 0.3) is 5.91 Å². The predicted octanol–water partition coefficient (Wildman–Crippen LogP) is 3.96. The molecular weight excluding hydrogens is 524 g/mol. The van der Waals surface area contributed by atoms with Crippen LogP contribution in [0.4, 0.5) is 5.69 Å². The van der Waals surface area contributed by atoms with Crippen LogP contribution in [-0.2, 0) is 17.9 Å². The van der Waals surface area contributed by atoms with E-state index in [4.69, 9.17) is 30.6 Å². The molecule has 0 saturated heterocycles. The normalized spacial score (nSPS) is 13.2. The number of carbonyl (C=O) groups is 2. The molecule has 0 aliphatic carbocycles. The number of carbonyl (C=O) groups excluding carboxylic acids is 2. The van der Waals surface area contributed by atoms with E-state index < -0.39 is 5.91 Å². The molecule has 200 valence electrons. The maximum Gasteiger partial charge on any atom is 0.260 e. The summed E-state index contributed by atoms with van der Waals surface area (Å²) in [5, 5.41) is 17.4. The molecule has 5 rings (SSSR count). The first-order valence-corrected chi connectivity index (χ1v) is 12.5. The van der Waals surface area contributed by atoms with Crippen molar-refractivity contribution in [1.82, 2.24) is 15.1 Å². The fourth-order valence-electron chi connectivity index (χ4n) is 4.27. The number of anilines is 1. The van der Waals surface area contributed by atoms with E-state index in [0.717, 1.165) is 5.56 Å². The summed E-state index contributed by atoms with van der Waals surface area (Å²) < 4.78 is 16.5. The van der Waals surface area contributed by atoms with Gasteiger partial charge in [-0.25, -0.2) is 0 Å². The van der Waals surface area contributed by atoms with Gasteiger partial charge in [0, 0.05) is 17.8 Å². The first kappa shape index (κ1) is 26.2. The van der Waals surface area contributed by atoms with Crippen LogP contribution in [0, 0.1) is 0 Å². The summed E-state index contributed by atoms with van der Waals surface area (Å²) in [6.45, 7) is 0.0783. The lowest BCUT2D eigenvalue weighted by molar-refractivity contribution is -0.131. The van der Waals surface area contributed by atoms with Crippen molar-refractivity contribution >= 4 is 29.1 Å². The summed E-state index contributed by atoms with van der Waals surface area (Å²) >= 11 is 6.41. The van der Waals surface area contributed by atoms with Gasteiger partial charge in [0.1, 0.15) is 24.7 Å². The van der Waals surface area contributed by atoms with E-state index in [-0.39, 0.29) is 55.2 Å². The molecule has 0 fully saturated rings. The number of hydrogen-bond acceptors (Lipinski definition) is 8. The Bertz CT molecular complexity index is 1510. The van der Waals surface area contributed by atoms with Crippen LogP contribution in [-0.4, -0.2) is 58.9 Å². The zero-order chi connectivity index (χ0) is 27.4. The summed E-state index contributed by atoms with van der Waals surface area (Å²) in [6, 6.07) is 19.2. The zero-order valence-corrected chi connectivity index (χ0v) is 21.8. The van der Waals surface area contributed by atoms with Gasteiger partial charge < -0.3 is 23.9 Å². The fourth-order valence-corrected chi connectivity index (χ4v) is 4.52. The molecule has 1 N–H and O–H groups in total. The van der Waals surface area contributed by atoms with Crippen LogP contribution in [0.5, 0.6) is 11.5 Å². The standard InChI is InChI=1S/C28H25ClN4O6/c1-37-20-7-4-6-18(13-20)27-31-30-25(39-27)16-32-15-19-5-2-3-8-24(19)33(17-26(32)35)28(36)22-10-9-21(14-23(22)29)38-12-11-34/h2-10,13-14,34H,11-12,15-17H2,1H3. The Morgan fingerprint density at radius 3 is 2.69 bits per heavy atom. The van der Waals surface area contributed by atoms with Gasteiger partial charge in [-0.05, 0) is 48.0 Å². The fraction of sp³-hybridized carbons (Fsp3) is 0.214. The molecule has 0 saturated carbocycles. The maximum atomic E-state index is 13.6. The molecule has 11 heteroatoms. The average Bonchev–Trinajstić information content (AvgIpc) is 3.37. The zero-order valence-electron chi connectivity index (χ0n) is 21.0. The molecule has 39 heavy (non-hydrogen) atoms. The van der Waals surface area contributed by atoms with Crippen molar-refractivity contribution in [2.24, 2.45) is 0 Å². The van der Waals surface area contributed by atoms with E-state index in [0.29, 0.717) is 28.6 Å². The average molecular weight is 549 g/mol. The third kappa shape index (κ3) is 5.71. The molecule has 3 aromatic carbocycles. The second-order valence-corrected chi connectivity index (χ2v) is 9.12. The Hall–Kier alpha value is -4.41. The number of rotatable bonds is 8. The first-order chi connectivity index (χ1) is 19.0. The van der Waals surface area contributed by atoms with Crippen LogP contribution in [0.1, 0.15) is 21.8 Å². The van der Waals surface area contributed by atoms with Crippen molar-refractivity contribution in [2.45, 2.75) is 13.1 Å². The number of aliphatic hydroxyl groups is 1. The summed E-state index contributed by atoms with van der Waals surface area (Å²) in [7, 11) is 1.58. The summed E-state index contributed by atoms with van der Waals surface area (Å²) in [6.07, 6.45) is 0. The van der Waals surface area contributed by atoms with Gasteiger partial charge in [0.05, 0.1) is 30.8 Å². The highest BCUT2D eigenvalue weighted by Crippen LogP contribution is 2.31. The first-order valence-electron chi connectivity index (χ1n) is 12.1. The molecule has 0 unspecified atom stereocenters. The van der Waals surface area contributed by atoms with Crippen LogP contribution in [0.2, 0.25) is 5.02 Å². The lowest BCUT2D eigenvalue weighted by Gasteiger charge is -2.23. The number of halogens is 1. The highest BCUT2D eigenvalue weighted by molar-refractivity contribution is 6.34. The number of aromatic nitrogens is 2. The molecule has 2 heterocycles. The quantitative estimate of drug-likeness (QED) is 0.351. The molecule has 1 aliphatic heterocycles. The summed E-state index contributed by atoms with van der Waals surface area (Å²) in [4.78, 5) is 30.0. The number of benzene rings is 3. The monoisotopic (exact) mass is 548 g/mol. The number of amides is 2. The minimum absolute atomic E-state index is 0.0732. The molecule has 1 aromatic heterocycles. The lowest BCUT2D eigenvalue weighted by Crippen LogP contribution is -2.40. The molecule has 10 nitrogen and oxygen atoms in total. The topological polar surface area (TPSA) is 118 Å². The van der Waals surface area contributed by atoms with Gasteiger partial charge in [0.2, 0.25) is 17.7 Å². The number of aliphatic hydroxyl groups excluding tert-OH is 1. The third-order valence-corrected chi connectivity index (χ3v) is 6.49. The van der Waals surface area contributed by atoms with Gasteiger partial charge in [-0.2, -0.15) is 0 Å². The maximum absolute atomic E-state index is 13.6. The van der Waals surface area contributed by atoms with Gasteiger partial charge in [-0.1, -0.05) is 35.9 Å². The van der Waals surface area contributed by atoms with Crippen molar-refractivity contribution < 1.29 is 28.6 Å². The highest BCUT2D eigenvalue weighted by atomic mass is 35.5. The van der Waals surface area contributed by atoms with E-state index in [9.17, 15) is 9.59 Å². The van der Waals surface area contributed by atoms with Gasteiger partial charge >= 0.3 is 0 Å². The minimum atomic E-state index is -0.422. The van der Waals surface area contributed by atoms with E-state index in [1.165, 1.54) is 11.0 Å². The van der Waals surface area contributed by atoms with Crippen LogP contribution < -0.4 is 14.4 Å². The predicted molar refractivity (Wildman–Crippen MR) is 143 cm³/mol. The molecule has 0 atom stereocenters. The number of nitrogens with zero attached hydrogens (tertiary/aromatic N) is 4. The summed E-state index contributed by atoms with van der Waals surface area (Å²) in [5.74, 6) is 0.944. The minimum Gasteiger partial charge on any atom is -0.497 e. The van der Waals surface area contributed by atoms with Gasteiger partial charge in [-0.3, -0.25) is 14.5 Å². The van der Waals surface area contributed by atoms with Crippen LogP contribution >= 0.6 is 11.6 Å². The molecular formula is C28H25ClN4O6. The Kier molecular flexibility index (Phi) is 7.76. The third-order valence-electron chi connectivity index (χ3n) is 6.18. The van der Waals surface area contributed by atoms with Crippen molar-refractivity contribution in [3.63, 3.8) is 0 Å². The van der Waals surface area contributed by atoms with Crippen molar-refractivity contribution in [3.8, 4) is 23.0 Å². The van der Waals surface area contributed by atoms with E-state index in [1.807, 2.05) is 36.4 Å². The Morgan fingerprint density at radius 1 is 1.05 bits per heavy atom. The SMILES string of the molecule is COc1cccc(-c2nnc(CN3Cc4ccccc4N(C(=O)c4ccc(OCCO)cc4Cl)CC3=O)o2)c1. The van der Waals surface area contributed by atoms with E-state index in [1.54, 1.807) is 36.3 Å². The summed E-state index contributed by atoms with van der Waals surface area (Å²) in [5.41, 5.74) is 2.31.